The SMILES string of the molecule is CCN(CC)C1CN(c2nc(N3C[C@H](CC#N)NC[C@@H]3C)c3cnn(-c4cccc(Cl)c4C(F)(F)F)c(=O)c3n2)C1. The number of fused-ring (bicyclic) bond motifs is 1. The van der Waals surface area contributed by atoms with Crippen molar-refractivity contribution in [3.63, 3.8) is 0 Å². The van der Waals surface area contributed by atoms with Gasteiger partial charge in [0.1, 0.15) is 11.3 Å². The number of nitrogens with zero attached hydrogens (tertiary/aromatic N) is 8. The topological polar surface area (TPSA) is 106 Å². The van der Waals surface area contributed by atoms with Crippen molar-refractivity contribution in [1.29, 1.82) is 5.26 Å². The van der Waals surface area contributed by atoms with Crippen LogP contribution < -0.4 is 20.7 Å². The number of aromatic nitrogens is 4. The zero-order valence-electron chi connectivity index (χ0n) is 23.0. The Morgan fingerprint density at radius 3 is 2.59 bits per heavy atom. The molecule has 1 aromatic carbocycles. The fraction of sp³-hybridized carbons (Fsp3) is 0.519. The van der Waals surface area contributed by atoms with Gasteiger partial charge < -0.3 is 15.1 Å². The number of likely N-dealkylation sites (N-methyl/N-ethyl adjacent to an activating group) is 1. The molecular weight excluding hydrogens is 559 g/mol. The average molecular weight is 590 g/mol. The van der Waals surface area contributed by atoms with Gasteiger partial charge >= 0.3 is 6.18 Å². The molecule has 41 heavy (non-hydrogen) atoms. The Labute approximate surface area is 240 Å². The van der Waals surface area contributed by atoms with Gasteiger partial charge in [0.25, 0.3) is 5.56 Å². The van der Waals surface area contributed by atoms with Gasteiger partial charge in [-0.05, 0) is 32.1 Å². The minimum Gasteiger partial charge on any atom is -0.350 e. The zero-order chi connectivity index (χ0) is 29.5. The Bertz CT molecular complexity index is 1530. The zero-order valence-corrected chi connectivity index (χ0v) is 23.7. The van der Waals surface area contributed by atoms with Crippen LogP contribution in [0.25, 0.3) is 16.6 Å². The first-order valence-electron chi connectivity index (χ1n) is 13.6. The molecule has 0 bridgehead atoms. The van der Waals surface area contributed by atoms with E-state index >= 15 is 0 Å². The van der Waals surface area contributed by atoms with E-state index in [1.54, 1.807) is 0 Å². The number of hydrogen-bond donors (Lipinski definition) is 1. The molecule has 2 aromatic heterocycles. The fourth-order valence-electron chi connectivity index (χ4n) is 5.56. The molecule has 0 aliphatic carbocycles. The number of halogens is 4. The van der Waals surface area contributed by atoms with Crippen LogP contribution in [-0.2, 0) is 6.18 Å². The number of anilines is 2. The van der Waals surface area contributed by atoms with E-state index in [4.69, 9.17) is 16.6 Å². The number of nitrogens with one attached hydrogen (secondary N) is 1. The second-order valence-corrected chi connectivity index (χ2v) is 10.8. The van der Waals surface area contributed by atoms with Crippen LogP contribution >= 0.6 is 11.6 Å². The molecule has 4 heterocycles. The second kappa shape index (κ2) is 11.4. The highest BCUT2D eigenvalue weighted by atomic mass is 35.5. The lowest BCUT2D eigenvalue weighted by atomic mass is 10.1. The molecule has 14 heteroatoms. The molecule has 0 saturated carbocycles. The van der Waals surface area contributed by atoms with E-state index < -0.39 is 28.0 Å². The number of nitriles is 1. The predicted molar refractivity (Wildman–Crippen MR) is 151 cm³/mol. The number of hydrogen-bond acceptors (Lipinski definition) is 9. The molecular formula is C27H31ClF3N9O. The molecule has 2 fully saturated rings. The van der Waals surface area contributed by atoms with Crippen molar-refractivity contribution in [2.45, 2.75) is 51.5 Å². The highest BCUT2D eigenvalue weighted by Gasteiger charge is 2.38. The van der Waals surface area contributed by atoms with Crippen molar-refractivity contribution in [3.05, 3.63) is 45.3 Å². The number of rotatable bonds is 7. The van der Waals surface area contributed by atoms with Crippen LogP contribution in [0.1, 0.15) is 32.8 Å². The van der Waals surface area contributed by atoms with Gasteiger partial charge in [-0.3, -0.25) is 9.69 Å². The summed E-state index contributed by atoms with van der Waals surface area (Å²) >= 11 is 5.94. The molecule has 2 aliphatic rings. The van der Waals surface area contributed by atoms with E-state index in [0.29, 0.717) is 54.1 Å². The Kier molecular flexibility index (Phi) is 8.09. The maximum absolute atomic E-state index is 14.0. The molecule has 2 aliphatic heterocycles. The van der Waals surface area contributed by atoms with Crippen molar-refractivity contribution < 1.29 is 13.2 Å². The summed E-state index contributed by atoms with van der Waals surface area (Å²) in [6.45, 7) is 10.4. The van der Waals surface area contributed by atoms with Crippen molar-refractivity contribution in [2.75, 3.05) is 49.1 Å². The van der Waals surface area contributed by atoms with Crippen LogP contribution in [0.4, 0.5) is 24.9 Å². The maximum Gasteiger partial charge on any atom is 0.419 e. The smallest absolute Gasteiger partial charge is 0.350 e. The van der Waals surface area contributed by atoms with E-state index in [9.17, 15) is 23.2 Å². The number of piperazine rings is 1. The lowest BCUT2D eigenvalue weighted by Crippen LogP contribution is -2.60. The minimum atomic E-state index is -4.81. The van der Waals surface area contributed by atoms with Crippen molar-refractivity contribution in [2.24, 2.45) is 0 Å². The first-order valence-corrected chi connectivity index (χ1v) is 14.0. The van der Waals surface area contributed by atoms with Crippen LogP contribution in [0.15, 0.2) is 29.2 Å². The summed E-state index contributed by atoms with van der Waals surface area (Å²) in [5, 5.41) is 16.6. The summed E-state index contributed by atoms with van der Waals surface area (Å²) in [5.74, 6) is 0.794. The molecule has 0 amide bonds. The normalized spacial score (nSPS) is 20.0. The molecule has 10 nitrogen and oxygen atoms in total. The second-order valence-electron chi connectivity index (χ2n) is 10.4. The highest BCUT2D eigenvalue weighted by molar-refractivity contribution is 6.31. The van der Waals surface area contributed by atoms with E-state index in [-0.39, 0.29) is 24.0 Å². The van der Waals surface area contributed by atoms with E-state index in [1.165, 1.54) is 12.3 Å². The minimum absolute atomic E-state index is 0.0390. The van der Waals surface area contributed by atoms with E-state index in [0.717, 1.165) is 25.2 Å². The molecule has 3 aromatic rings. The maximum atomic E-state index is 14.0. The van der Waals surface area contributed by atoms with Gasteiger partial charge in [0, 0.05) is 44.3 Å². The Balaban J connectivity index is 1.67. The largest absolute Gasteiger partial charge is 0.419 e. The van der Waals surface area contributed by atoms with Crippen LogP contribution in [0.3, 0.4) is 0 Å². The van der Waals surface area contributed by atoms with E-state index in [1.807, 2.05) is 16.7 Å². The van der Waals surface area contributed by atoms with Gasteiger partial charge in [-0.1, -0.05) is 31.5 Å². The molecule has 2 atom stereocenters. The quantitative estimate of drug-likeness (QED) is 0.443. The third kappa shape index (κ3) is 5.43. The van der Waals surface area contributed by atoms with Crippen LogP contribution in [-0.4, -0.2) is 82.0 Å². The third-order valence-corrected chi connectivity index (χ3v) is 8.16. The average Bonchev–Trinajstić information content (AvgIpc) is 2.90. The Morgan fingerprint density at radius 2 is 1.93 bits per heavy atom. The van der Waals surface area contributed by atoms with Crippen LogP contribution in [0, 0.1) is 11.3 Å². The van der Waals surface area contributed by atoms with E-state index in [2.05, 4.69) is 40.2 Å². The predicted octanol–water partition coefficient (Wildman–Crippen LogP) is 3.46. The molecule has 2 saturated heterocycles. The number of alkyl halides is 3. The van der Waals surface area contributed by atoms with Gasteiger partial charge in [-0.25, -0.2) is 4.98 Å². The van der Waals surface area contributed by atoms with Crippen LogP contribution in [0.5, 0.6) is 0 Å². The Morgan fingerprint density at radius 1 is 1.20 bits per heavy atom. The van der Waals surface area contributed by atoms with Gasteiger partial charge in [0.05, 0.1) is 40.3 Å². The van der Waals surface area contributed by atoms with Gasteiger partial charge in [0.15, 0.2) is 0 Å². The summed E-state index contributed by atoms with van der Waals surface area (Å²) < 4.78 is 42.6. The molecule has 1 N–H and O–H groups in total. The van der Waals surface area contributed by atoms with Crippen LogP contribution in [0.2, 0.25) is 5.02 Å². The summed E-state index contributed by atoms with van der Waals surface area (Å²) in [7, 11) is 0. The molecule has 218 valence electrons. The standard InChI is InChI=1S/C27H31ClF3N9O/c1-4-37(5-2)18-14-38(15-18)26-35-23-19(24(36-26)39-13-17(9-10-32)33-11-16(39)3)12-34-40(25(23)41)21-8-6-7-20(28)22(21)27(29,30)31/h6-8,12,16-18,33H,4-5,9,11,13-15H2,1-3H3/t16-,17-/m0/s1. The lowest BCUT2D eigenvalue weighted by molar-refractivity contribution is -0.137. The van der Waals surface area contributed by atoms with Gasteiger partial charge in [0.2, 0.25) is 5.95 Å². The molecule has 5 rings (SSSR count). The molecule has 0 spiro atoms. The first kappa shape index (κ1) is 29.0. The first-order chi connectivity index (χ1) is 19.6. The number of benzene rings is 1. The van der Waals surface area contributed by atoms with Gasteiger partial charge in [-0.2, -0.15) is 33.2 Å². The fourth-order valence-corrected chi connectivity index (χ4v) is 5.84. The van der Waals surface area contributed by atoms with Gasteiger partial charge in [-0.15, -0.1) is 0 Å². The lowest BCUT2D eigenvalue weighted by Gasteiger charge is -2.45. The van der Waals surface area contributed by atoms with Crippen molar-refractivity contribution in [1.82, 2.24) is 30.0 Å². The molecule has 0 radical (unpaired) electrons. The monoisotopic (exact) mass is 589 g/mol. The third-order valence-electron chi connectivity index (χ3n) is 7.85. The molecule has 0 unspecified atom stereocenters. The van der Waals surface area contributed by atoms with Crippen molar-refractivity contribution >= 4 is 34.3 Å². The Hall–Kier alpha value is -3.47. The summed E-state index contributed by atoms with van der Waals surface area (Å²) in [4.78, 5) is 29.6. The summed E-state index contributed by atoms with van der Waals surface area (Å²) in [5.41, 5.74) is -2.47. The summed E-state index contributed by atoms with van der Waals surface area (Å²) in [6, 6.07) is 5.96. The highest BCUT2D eigenvalue weighted by Crippen LogP contribution is 2.38. The van der Waals surface area contributed by atoms with Crippen molar-refractivity contribution in [3.8, 4) is 11.8 Å². The summed E-state index contributed by atoms with van der Waals surface area (Å²) in [6.07, 6.45) is -3.19.